The highest BCUT2D eigenvalue weighted by molar-refractivity contribution is 7.53. The van der Waals surface area contributed by atoms with Crippen LogP contribution in [0.15, 0.2) is 24.3 Å². The van der Waals surface area contributed by atoms with E-state index >= 15 is 0 Å². The van der Waals surface area contributed by atoms with Crippen molar-refractivity contribution in [2.75, 3.05) is 26.1 Å². The van der Waals surface area contributed by atoms with E-state index in [1.807, 2.05) is 6.92 Å². The first-order valence-electron chi connectivity index (χ1n) is 8.82. The molecule has 0 amide bonds. The summed E-state index contributed by atoms with van der Waals surface area (Å²) in [5.41, 5.74) is 1.99. The maximum Gasteiger partial charge on any atom is 0.330 e. The van der Waals surface area contributed by atoms with Crippen molar-refractivity contribution < 1.29 is 27.9 Å². The number of aliphatic hydroxyl groups excluding tert-OH is 1. The molecule has 0 bridgehead atoms. The van der Waals surface area contributed by atoms with Crippen LogP contribution in [0.2, 0.25) is 0 Å². The lowest BCUT2D eigenvalue weighted by Crippen LogP contribution is -2.00. The fourth-order valence-electron chi connectivity index (χ4n) is 2.27. The molecule has 5 nitrogen and oxygen atoms in total. The van der Waals surface area contributed by atoms with E-state index < -0.39 is 20.1 Å². The Kier molecular flexibility index (Phi) is 10.0. The lowest BCUT2D eigenvalue weighted by molar-refractivity contribution is -0.115. The van der Waals surface area contributed by atoms with E-state index in [1.54, 1.807) is 32.0 Å². The number of halogens is 1. The zero-order valence-electron chi connectivity index (χ0n) is 16.0. The predicted octanol–water partition coefficient (Wildman–Crippen LogP) is 4.83. The van der Waals surface area contributed by atoms with Gasteiger partial charge in [-0.15, -0.1) is 0 Å². The van der Waals surface area contributed by atoms with Crippen LogP contribution in [0.4, 0.5) is 4.39 Å². The molecule has 7 heteroatoms. The van der Waals surface area contributed by atoms with Gasteiger partial charge in [0.1, 0.15) is 5.76 Å². The van der Waals surface area contributed by atoms with Gasteiger partial charge in [-0.25, -0.2) is 4.39 Å². The van der Waals surface area contributed by atoms with Gasteiger partial charge in [0.15, 0.2) is 12.5 Å². The summed E-state index contributed by atoms with van der Waals surface area (Å²) < 4.78 is 35.1. The van der Waals surface area contributed by atoms with E-state index in [1.165, 1.54) is 0 Å². The first-order chi connectivity index (χ1) is 12.8. The number of benzene rings is 1. The van der Waals surface area contributed by atoms with E-state index in [9.17, 15) is 18.9 Å². The Morgan fingerprint density at radius 2 is 1.96 bits per heavy atom. The highest BCUT2D eigenvalue weighted by Gasteiger charge is 2.22. The largest absolute Gasteiger partial charge is 0.507 e. The van der Waals surface area contributed by atoms with Gasteiger partial charge in [-0.2, -0.15) is 0 Å². The van der Waals surface area contributed by atoms with Crippen LogP contribution in [0.3, 0.4) is 0 Å². The minimum atomic E-state index is -3.05. The molecule has 0 aromatic heterocycles. The molecule has 1 aromatic carbocycles. The van der Waals surface area contributed by atoms with Crippen LogP contribution in [0.5, 0.6) is 0 Å². The smallest absolute Gasteiger partial charge is 0.330 e. The third kappa shape index (κ3) is 8.09. The van der Waals surface area contributed by atoms with Crippen LogP contribution in [0.25, 0.3) is 5.76 Å². The summed E-state index contributed by atoms with van der Waals surface area (Å²) in [6.07, 6.45) is 2.24. The average Bonchev–Trinajstić information content (AvgIpc) is 2.63. The lowest BCUT2D eigenvalue weighted by atomic mass is 10.0. The molecule has 0 aliphatic heterocycles. The van der Waals surface area contributed by atoms with Gasteiger partial charge in [-0.1, -0.05) is 24.0 Å². The average molecular weight is 396 g/mol. The Labute approximate surface area is 160 Å². The van der Waals surface area contributed by atoms with Crippen molar-refractivity contribution in [2.45, 2.75) is 33.6 Å². The normalized spacial score (nSPS) is 11.8. The minimum absolute atomic E-state index is 0.296. The number of unbranched alkanes of at least 4 members (excludes halogenated alkanes) is 1. The summed E-state index contributed by atoms with van der Waals surface area (Å²) in [6.45, 7) is 4.92. The molecule has 0 saturated heterocycles. The SMILES string of the molecule is CCOP(=O)(CCCC#Cc1cc(C(O)=CC(=O)CF)ccc1C)OCC. The number of alkyl halides is 1. The highest BCUT2D eigenvalue weighted by atomic mass is 31.2. The number of allylic oxidation sites excluding steroid dienone is 1. The molecule has 0 unspecified atom stereocenters. The Hall–Kier alpha value is -1.93. The molecular weight excluding hydrogens is 370 g/mol. The van der Waals surface area contributed by atoms with Gasteiger partial charge in [0.25, 0.3) is 0 Å². The van der Waals surface area contributed by atoms with Crippen molar-refractivity contribution in [1.82, 2.24) is 0 Å². The third-order valence-corrected chi connectivity index (χ3v) is 5.74. The molecule has 1 aromatic rings. The Morgan fingerprint density at radius 1 is 1.30 bits per heavy atom. The van der Waals surface area contributed by atoms with Crippen molar-refractivity contribution in [3.05, 3.63) is 41.0 Å². The van der Waals surface area contributed by atoms with Crippen LogP contribution in [0, 0.1) is 18.8 Å². The topological polar surface area (TPSA) is 72.8 Å². The summed E-state index contributed by atoms with van der Waals surface area (Å²) >= 11 is 0. The molecule has 0 atom stereocenters. The standard InChI is InChI=1S/C20H26FO5P/c1-4-25-27(24,26-5-2)12-8-6-7-9-17-13-18(11-10-16(17)3)20(23)14-19(22)15-21/h10-11,13-14,23H,4-6,8,12,15H2,1-3H3. The molecule has 27 heavy (non-hydrogen) atoms. The number of aliphatic hydroxyl groups is 1. The summed E-state index contributed by atoms with van der Waals surface area (Å²) in [6, 6.07) is 5.05. The van der Waals surface area contributed by atoms with Gasteiger partial charge in [0.2, 0.25) is 0 Å². The molecule has 1 rings (SSSR count). The molecule has 0 saturated carbocycles. The van der Waals surface area contributed by atoms with E-state index in [0.717, 1.165) is 11.6 Å². The fraction of sp³-hybridized carbons (Fsp3) is 0.450. The van der Waals surface area contributed by atoms with Gasteiger partial charge in [-0.05, 0) is 38.8 Å². The second-order valence-electron chi connectivity index (χ2n) is 5.73. The van der Waals surface area contributed by atoms with Crippen molar-refractivity contribution in [1.29, 1.82) is 0 Å². The van der Waals surface area contributed by atoms with Gasteiger partial charge in [0.05, 0.1) is 19.4 Å². The number of rotatable bonds is 10. The number of hydrogen-bond acceptors (Lipinski definition) is 5. The van der Waals surface area contributed by atoms with Crippen LogP contribution >= 0.6 is 7.60 Å². The number of carbonyl (C=O) groups is 1. The summed E-state index contributed by atoms with van der Waals surface area (Å²) in [5, 5.41) is 9.90. The Morgan fingerprint density at radius 3 is 2.56 bits per heavy atom. The zero-order valence-corrected chi connectivity index (χ0v) is 16.9. The second-order valence-corrected chi connectivity index (χ2v) is 7.92. The van der Waals surface area contributed by atoms with Crippen LogP contribution < -0.4 is 0 Å². The van der Waals surface area contributed by atoms with Gasteiger partial charge < -0.3 is 14.2 Å². The second kappa shape index (κ2) is 11.7. The number of aryl methyl sites for hydroxylation is 1. The molecule has 0 aliphatic carbocycles. The summed E-state index contributed by atoms with van der Waals surface area (Å²) in [4.78, 5) is 11.1. The Balaban J connectivity index is 2.78. The Bertz CT molecular complexity index is 766. The predicted molar refractivity (Wildman–Crippen MR) is 105 cm³/mol. The quantitative estimate of drug-likeness (QED) is 0.202. The van der Waals surface area contributed by atoms with Crippen molar-refractivity contribution in [3.8, 4) is 11.8 Å². The first kappa shape index (κ1) is 23.1. The third-order valence-electron chi connectivity index (χ3n) is 3.57. The maximum atomic E-state index is 12.4. The van der Waals surface area contributed by atoms with E-state index in [4.69, 9.17) is 9.05 Å². The monoisotopic (exact) mass is 396 g/mol. The van der Waals surface area contributed by atoms with Gasteiger partial charge >= 0.3 is 7.60 Å². The van der Waals surface area contributed by atoms with Gasteiger partial charge in [-0.3, -0.25) is 9.36 Å². The molecular formula is C20H26FO5P. The molecule has 0 spiro atoms. The molecule has 148 valence electrons. The van der Waals surface area contributed by atoms with E-state index in [0.29, 0.717) is 43.3 Å². The fourth-order valence-corrected chi connectivity index (χ4v) is 3.93. The molecule has 0 aliphatic rings. The molecule has 1 N–H and O–H groups in total. The zero-order chi connectivity index (χ0) is 20.3. The van der Waals surface area contributed by atoms with Gasteiger partial charge in [0, 0.05) is 23.6 Å². The number of hydrogen-bond donors (Lipinski definition) is 1. The number of ketones is 1. The molecule has 0 heterocycles. The van der Waals surface area contributed by atoms with Crippen LogP contribution in [-0.2, 0) is 18.4 Å². The van der Waals surface area contributed by atoms with E-state index in [-0.39, 0.29) is 5.76 Å². The lowest BCUT2D eigenvalue weighted by Gasteiger charge is -2.15. The molecule has 0 radical (unpaired) electrons. The van der Waals surface area contributed by atoms with Crippen LogP contribution in [0.1, 0.15) is 43.4 Å². The van der Waals surface area contributed by atoms with Crippen molar-refractivity contribution in [3.63, 3.8) is 0 Å². The summed E-state index contributed by atoms with van der Waals surface area (Å²) in [5.74, 6) is 4.92. The molecule has 0 fully saturated rings. The first-order valence-corrected chi connectivity index (χ1v) is 10.6. The summed E-state index contributed by atoms with van der Waals surface area (Å²) in [7, 11) is -3.05. The minimum Gasteiger partial charge on any atom is -0.507 e. The maximum absolute atomic E-state index is 12.4. The highest BCUT2D eigenvalue weighted by Crippen LogP contribution is 2.48. The number of carbonyl (C=O) groups excluding carboxylic acids is 1. The van der Waals surface area contributed by atoms with Crippen molar-refractivity contribution in [2.24, 2.45) is 0 Å². The van der Waals surface area contributed by atoms with E-state index in [2.05, 4.69) is 11.8 Å². The van der Waals surface area contributed by atoms with Crippen molar-refractivity contribution >= 4 is 19.1 Å². The van der Waals surface area contributed by atoms with Crippen LogP contribution in [-0.4, -0.2) is 36.9 Å².